The summed E-state index contributed by atoms with van der Waals surface area (Å²) in [6.07, 6.45) is 0. The molecule has 0 aliphatic rings. The molecule has 0 saturated heterocycles. The normalized spacial score (nSPS) is 13.0. The zero-order valence-corrected chi connectivity index (χ0v) is 14.0. The fraction of sp³-hybridized carbons (Fsp3) is 0.167. The van der Waals surface area contributed by atoms with Crippen LogP contribution in [0.2, 0.25) is 0 Å². The average Bonchev–Trinajstić information content (AvgIpc) is 2.88. The second-order valence-corrected chi connectivity index (χ2v) is 7.58. The quantitative estimate of drug-likeness (QED) is 0.817. The molecule has 2 aromatic rings. The number of carbonyl (C=O) groups is 1. The van der Waals surface area contributed by atoms with Crippen molar-refractivity contribution in [1.29, 1.82) is 0 Å². The molecule has 6 nitrogen and oxygen atoms in total. The fourth-order valence-corrected chi connectivity index (χ4v) is 4.68. The van der Waals surface area contributed by atoms with E-state index in [1.807, 2.05) is 0 Å². The van der Waals surface area contributed by atoms with Crippen molar-refractivity contribution in [3.05, 3.63) is 44.8 Å². The summed E-state index contributed by atoms with van der Waals surface area (Å²) in [6.45, 7) is 1.61. The monoisotopic (exact) mass is 390 g/mol. The molecule has 1 aromatic carbocycles. The zero-order valence-electron chi connectivity index (χ0n) is 10.8. The largest absolute Gasteiger partial charge is 0.476 e. The molecular formula is C12H11BrN2O4S2. The first-order valence-corrected chi connectivity index (χ1v) is 8.92. The number of benzene rings is 1. The number of hydrogen-bond donors (Lipinski definition) is 2. The Morgan fingerprint density at radius 2 is 2.10 bits per heavy atom. The minimum atomic E-state index is -3.73. The Morgan fingerprint density at radius 1 is 1.43 bits per heavy atom. The van der Waals surface area contributed by atoms with Crippen molar-refractivity contribution >= 4 is 43.3 Å². The number of nitrogens with one attached hydrogen (secondary N) is 1. The van der Waals surface area contributed by atoms with Crippen LogP contribution in [0.4, 0.5) is 0 Å². The minimum Gasteiger partial charge on any atom is -0.476 e. The van der Waals surface area contributed by atoms with Crippen molar-refractivity contribution in [3.8, 4) is 0 Å². The molecule has 1 heterocycles. The standard InChI is InChI=1S/C12H11BrN2O4S2/c1-7(11-14-9(6-20-11)12(16)17)15-21(18,19)10-5-3-2-4-8(10)13/h2-7,15H,1H3,(H,16,17). The Morgan fingerprint density at radius 3 is 2.67 bits per heavy atom. The van der Waals surface area contributed by atoms with E-state index in [4.69, 9.17) is 5.11 Å². The molecule has 2 N–H and O–H groups in total. The van der Waals surface area contributed by atoms with Crippen LogP contribution in [0.1, 0.15) is 28.5 Å². The first-order valence-electron chi connectivity index (χ1n) is 5.77. The van der Waals surface area contributed by atoms with E-state index in [0.717, 1.165) is 11.3 Å². The summed E-state index contributed by atoms with van der Waals surface area (Å²) in [5.74, 6) is -1.14. The molecule has 9 heteroatoms. The van der Waals surface area contributed by atoms with Gasteiger partial charge >= 0.3 is 5.97 Å². The molecule has 0 aliphatic heterocycles. The lowest BCUT2D eigenvalue weighted by Crippen LogP contribution is -2.27. The van der Waals surface area contributed by atoms with Gasteiger partial charge in [0.1, 0.15) is 5.01 Å². The number of carboxylic acid groups (broad SMARTS) is 1. The van der Waals surface area contributed by atoms with Crippen molar-refractivity contribution in [3.63, 3.8) is 0 Å². The van der Waals surface area contributed by atoms with Crippen molar-refractivity contribution in [1.82, 2.24) is 9.71 Å². The number of carboxylic acids is 1. The van der Waals surface area contributed by atoms with Gasteiger partial charge in [-0.05, 0) is 35.0 Å². The highest BCUT2D eigenvalue weighted by atomic mass is 79.9. The highest BCUT2D eigenvalue weighted by Crippen LogP contribution is 2.24. The Balaban J connectivity index is 2.24. The summed E-state index contributed by atoms with van der Waals surface area (Å²) in [5.41, 5.74) is -0.0954. The van der Waals surface area contributed by atoms with E-state index in [1.165, 1.54) is 11.4 Å². The first kappa shape index (κ1) is 16.1. The van der Waals surface area contributed by atoms with Crippen LogP contribution in [-0.2, 0) is 10.0 Å². The van der Waals surface area contributed by atoms with Gasteiger partial charge in [-0.2, -0.15) is 0 Å². The van der Waals surface area contributed by atoms with E-state index in [2.05, 4.69) is 25.6 Å². The van der Waals surface area contributed by atoms with E-state index in [9.17, 15) is 13.2 Å². The maximum atomic E-state index is 12.3. The Hall–Kier alpha value is -1.29. The Kier molecular flexibility index (Phi) is 4.77. The molecule has 0 aliphatic carbocycles. The molecule has 0 bridgehead atoms. The fourth-order valence-electron chi connectivity index (χ4n) is 1.59. The van der Waals surface area contributed by atoms with Crippen LogP contribution >= 0.6 is 27.3 Å². The molecule has 0 radical (unpaired) electrons. The van der Waals surface area contributed by atoms with Gasteiger partial charge in [-0.3, -0.25) is 0 Å². The lowest BCUT2D eigenvalue weighted by atomic mass is 10.4. The van der Waals surface area contributed by atoms with Gasteiger partial charge in [-0.15, -0.1) is 11.3 Å². The smallest absolute Gasteiger partial charge is 0.355 e. The summed E-state index contributed by atoms with van der Waals surface area (Å²) in [7, 11) is -3.73. The van der Waals surface area contributed by atoms with Crippen molar-refractivity contribution in [2.24, 2.45) is 0 Å². The van der Waals surface area contributed by atoms with Gasteiger partial charge in [0.25, 0.3) is 0 Å². The third-order valence-electron chi connectivity index (χ3n) is 2.57. The van der Waals surface area contributed by atoms with Crippen LogP contribution in [0.15, 0.2) is 39.0 Å². The predicted molar refractivity (Wildman–Crippen MR) is 82.0 cm³/mol. The molecule has 0 spiro atoms. The maximum absolute atomic E-state index is 12.3. The third kappa shape index (κ3) is 3.67. The van der Waals surface area contributed by atoms with Gasteiger partial charge in [0.05, 0.1) is 10.9 Å². The van der Waals surface area contributed by atoms with Gasteiger partial charge in [0.15, 0.2) is 5.69 Å². The summed E-state index contributed by atoms with van der Waals surface area (Å²) in [5, 5.41) is 10.6. The van der Waals surface area contributed by atoms with Crippen LogP contribution < -0.4 is 4.72 Å². The lowest BCUT2D eigenvalue weighted by Gasteiger charge is -2.12. The number of halogens is 1. The zero-order chi connectivity index (χ0) is 15.6. The maximum Gasteiger partial charge on any atom is 0.355 e. The van der Waals surface area contributed by atoms with E-state index in [0.29, 0.717) is 9.48 Å². The number of hydrogen-bond acceptors (Lipinski definition) is 5. The first-order chi connectivity index (χ1) is 9.81. The van der Waals surface area contributed by atoms with Gasteiger partial charge in [0, 0.05) is 9.85 Å². The van der Waals surface area contributed by atoms with E-state index in [1.54, 1.807) is 25.1 Å². The number of aromatic carboxylic acids is 1. The van der Waals surface area contributed by atoms with Crippen LogP contribution in [0.25, 0.3) is 0 Å². The highest BCUT2D eigenvalue weighted by molar-refractivity contribution is 9.10. The highest BCUT2D eigenvalue weighted by Gasteiger charge is 2.22. The molecule has 1 aromatic heterocycles. The SMILES string of the molecule is CC(NS(=O)(=O)c1ccccc1Br)c1nc(C(=O)O)cs1. The molecule has 0 amide bonds. The van der Waals surface area contributed by atoms with Crippen LogP contribution in [-0.4, -0.2) is 24.5 Å². The van der Waals surface area contributed by atoms with Gasteiger partial charge in [0.2, 0.25) is 10.0 Å². The molecule has 2 rings (SSSR count). The number of rotatable bonds is 5. The molecule has 0 saturated carbocycles. The van der Waals surface area contributed by atoms with E-state index in [-0.39, 0.29) is 10.6 Å². The Bertz CT molecular complexity index is 773. The minimum absolute atomic E-state index is 0.0954. The number of sulfonamides is 1. The second-order valence-electron chi connectivity index (χ2n) is 4.15. The lowest BCUT2D eigenvalue weighted by molar-refractivity contribution is 0.0691. The molecule has 0 fully saturated rings. The molecule has 21 heavy (non-hydrogen) atoms. The van der Waals surface area contributed by atoms with Gasteiger partial charge in [-0.25, -0.2) is 22.9 Å². The van der Waals surface area contributed by atoms with Crippen LogP contribution in [0.3, 0.4) is 0 Å². The van der Waals surface area contributed by atoms with Gasteiger partial charge in [-0.1, -0.05) is 12.1 Å². The van der Waals surface area contributed by atoms with Crippen LogP contribution in [0.5, 0.6) is 0 Å². The van der Waals surface area contributed by atoms with Crippen molar-refractivity contribution < 1.29 is 18.3 Å². The van der Waals surface area contributed by atoms with Crippen molar-refractivity contribution in [2.75, 3.05) is 0 Å². The topological polar surface area (TPSA) is 96.4 Å². The average molecular weight is 391 g/mol. The summed E-state index contributed by atoms with van der Waals surface area (Å²) in [4.78, 5) is 14.8. The van der Waals surface area contributed by atoms with Crippen LogP contribution in [0, 0.1) is 0 Å². The predicted octanol–water partition coefficient (Wildman–Crippen LogP) is 2.64. The summed E-state index contributed by atoms with van der Waals surface area (Å²) >= 11 is 4.29. The molecular weight excluding hydrogens is 380 g/mol. The van der Waals surface area contributed by atoms with Crippen molar-refractivity contribution in [2.45, 2.75) is 17.9 Å². The summed E-state index contributed by atoms with van der Waals surface area (Å²) in [6, 6.07) is 5.82. The molecule has 1 atom stereocenters. The van der Waals surface area contributed by atoms with Gasteiger partial charge < -0.3 is 5.11 Å². The number of thiazole rings is 1. The Labute approximate surface area is 134 Å². The second kappa shape index (κ2) is 6.22. The third-order valence-corrected chi connectivity index (χ3v) is 6.15. The number of nitrogens with zero attached hydrogens (tertiary/aromatic N) is 1. The van der Waals surface area contributed by atoms with E-state index >= 15 is 0 Å². The number of aromatic nitrogens is 1. The molecule has 112 valence electrons. The molecule has 1 unspecified atom stereocenters. The van der Waals surface area contributed by atoms with E-state index < -0.39 is 22.0 Å². The summed E-state index contributed by atoms with van der Waals surface area (Å²) < 4.78 is 27.5.